The monoisotopic (exact) mass is 334 g/mol. The van der Waals surface area contributed by atoms with Crippen LogP contribution < -0.4 is 10.1 Å². The van der Waals surface area contributed by atoms with Gasteiger partial charge >= 0.3 is 0 Å². The van der Waals surface area contributed by atoms with Crippen molar-refractivity contribution in [3.63, 3.8) is 0 Å². The van der Waals surface area contributed by atoms with E-state index in [-0.39, 0.29) is 12.5 Å². The molecule has 0 saturated carbocycles. The topological polar surface area (TPSA) is 50.8 Å². The highest BCUT2D eigenvalue weighted by Gasteiger charge is 2.10. The molecule has 5 nitrogen and oxygen atoms in total. The van der Waals surface area contributed by atoms with E-state index in [1.807, 2.05) is 19.1 Å². The summed E-state index contributed by atoms with van der Waals surface area (Å²) in [4.78, 5) is 14.3. The average molecular weight is 334 g/mol. The van der Waals surface area contributed by atoms with E-state index in [1.165, 1.54) is 5.56 Å². The summed E-state index contributed by atoms with van der Waals surface area (Å²) >= 11 is 0. The molecule has 1 N–H and O–H groups in total. The third-order valence-corrected chi connectivity index (χ3v) is 4.31. The van der Waals surface area contributed by atoms with E-state index < -0.39 is 0 Å². The lowest BCUT2D eigenvalue weighted by Gasteiger charge is -2.26. The highest BCUT2D eigenvalue weighted by atomic mass is 16.5. The van der Waals surface area contributed by atoms with Gasteiger partial charge in [0.25, 0.3) is 5.91 Å². The lowest BCUT2D eigenvalue weighted by atomic mass is 10.0. The van der Waals surface area contributed by atoms with Gasteiger partial charge in [-0.05, 0) is 43.0 Å². The molecule has 1 aliphatic heterocycles. The van der Waals surface area contributed by atoms with Crippen LogP contribution in [0, 0.1) is 6.92 Å². The number of hydrogen-bond acceptors (Lipinski definition) is 4. The van der Waals surface area contributed by atoms with E-state index in [2.05, 4.69) is 30.1 Å². The lowest BCUT2D eigenvalue weighted by Crippen LogP contribution is -2.38. The number of carbonyl (C=O) groups excluding carboxylic acids is 1. The van der Waals surface area contributed by atoms with Gasteiger partial charge in [-0.1, -0.05) is 26.0 Å². The van der Waals surface area contributed by atoms with Crippen molar-refractivity contribution in [1.29, 1.82) is 0 Å². The molecule has 1 aromatic carbocycles. The van der Waals surface area contributed by atoms with Crippen molar-refractivity contribution in [2.45, 2.75) is 33.1 Å². The van der Waals surface area contributed by atoms with Crippen LogP contribution in [0.1, 0.15) is 37.3 Å². The first-order valence-corrected chi connectivity index (χ1v) is 8.86. The summed E-state index contributed by atoms with van der Waals surface area (Å²) < 4.78 is 11.0. The summed E-state index contributed by atoms with van der Waals surface area (Å²) in [6.07, 6.45) is 0.952. The number of ether oxygens (including phenoxy) is 2. The Morgan fingerprint density at radius 2 is 2.08 bits per heavy atom. The molecule has 0 spiro atoms. The Morgan fingerprint density at radius 1 is 1.33 bits per heavy atom. The van der Waals surface area contributed by atoms with Gasteiger partial charge < -0.3 is 14.8 Å². The van der Waals surface area contributed by atoms with Crippen LogP contribution in [0.4, 0.5) is 0 Å². The van der Waals surface area contributed by atoms with Gasteiger partial charge in [-0.3, -0.25) is 9.69 Å². The zero-order chi connectivity index (χ0) is 17.4. The van der Waals surface area contributed by atoms with Crippen molar-refractivity contribution >= 4 is 5.91 Å². The predicted octanol–water partition coefficient (Wildman–Crippen LogP) is 2.34. The number of nitrogens with one attached hydrogen (secondary N) is 1. The van der Waals surface area contributed by atoms with Crippen LogP contribution in [0.3, 0.4) is 0 Å². The largest absolute Gasteiger partial charge is 0.483 e. The molecule has 1 saturated heterocycles. The molecule has 0 radical (unpaired) electrons. The van der Waals surface area contributed by atoms with Gasteiger partial charge in [0.15, 0.2) is 6.61 Å². The predicted molar refractivity (Wildman–Crippen MR) is 95.6 cm³/mol. The van der Waals surface area contributed by atoms with Crippen LogP contribution in [-0.4, -0.2) is 56.8 Å². The van der Waals surface area contributed by atoms with Gasteiger partial charge in [-0.2, -0.15) is 0 Å². The minimum Gasteiger partial charge on any atom is -0.483 e. The Morgan fingerprint density at radius 3 is 2.79 bits per heavy atom. The maximum absolute atomic E-state index is 11.9. The fourth-order valence-corrected chi connectivity index (χ4v) is 2.68. The van der Waals surface area contributed by atoms with Gasteiger partial charge in [-0.25, -0.2) is 0 Å². The Balaban J connectivity index is 1.66. The van der Waals surface area contributed by atoms with Crippen molar-refractivity contribution in [1.82, 2.24) is 10.2 Å². The summed E-state index contributed by atoms with van der Waals surface area (Å²) in [5.41, 5.74) is 2.28. The zero-order valence-corrected chi connectivity index (χ0v) is 15.1. The normalized spacial score (nSPS) is 15.5. The summed E-state index contributed by atoms with van der Waals surface area (Å²) in [6, 6.07) is 6.19. The maximum Gasteiger partial charge on any atom is 0.257 e. The fraction of sp³-hybridized carbons (Fsp3) is 0.632. The smallest absolute Gasteiger partial charge is 0.257 e. The van der Waals surface area contributed by atoms with Gasteiger partial charge in [0.1, 0.15) is 5.75 Å². The van der Waals surface area contributed by atoms with Gasteiger partial charge in [0, 0.05) is 19.6 Å². The summed E-state index contributed by atoms with van der Waals surface area (Å²) in [7, 11) is 0. The third-order valence-electron chi connectivity index (χ3n) is 4.31. The number of benzene rings is 1. The first-order chi connectivity index (χ1) is 11.6. The van der Waals surface area contributed by atoms with Crippen molar-refractivity contribution in [3.05, 3.63) is 29.3 Å². The molecule has 0 atom stereocenters. The number of amides is 1. The second-order valence-corrected chi connectivity index (χ2v) is 6.63. The molecule has 5 heteroatoms. The molecule has 1 amide bonds. The first kappa shape index (κ1) is 18.7. The zero-order valence-electron chi connectivity index (χ0n) is 15.1. The number of rotatable bonds is 8. The lowest BCUT2D eigenvalue weighted by molar-refractivity contribution is -0.123. The van der Waals surface area contributed by atoms with E-state index in [0.29, 0.717) is 12.5 Å². The Hall–Kier alpha value is -1.59. The molecule has 1 heterocycles. The third kappa shape index (κ3) is 6.13. The standard InChI is InChI=1S/C19H30N2O3/c1-15(2)17-6-5-16(3)18(13-17)24-14-19(22)20-7-4-8-21-9-11-23-12-10-21/h5-6,13,15H,4,7-12,14H2,1-3H3,(H,20,22). The number of carbonyl (C=O) groups is 1. The van der Waals surface area contributed by atoms with Crippen LogP contribution in [0.5, 0.6) is 5.75 Å². The Labute approximate surface area is 145 Å². The first-order valence-electron chi connectivity index (χ1n) is 8.86. The quantitative estimate of drug-likeness (QED) is 0.742. The van der Waals surface area contributed by atoms with Crippen molar-refractivity contribution < 1.29 is 14.3 Å². The minimum atomic E-state index is -0.0636. The molecular formula is C19H30N2O3. The van der Waals surface area contributed by atoms with Crippen molar-refractivity contribution in [2.75, 3.05) is 46.0 Å². The van der Waals surface area contributed by atoms with Crippen LogP contribution in [-0.2, 0) is 9.53 Å². The SMILES string of the molecule is Cc1ccc(C(C)C)cc1OCC(=O)NCCCN1CCOCC1. The molecule has 134 valence electrons. The van der Waals surface area contributed by atoms with E-state index in [0.717, 1.165) is 50.6 Å². The van der Waals surface area contributed by atoms with Crippen LogP contribution in [0.25, 0.3) is 0 Å². The fourth-order valence-electron chi connectivity index (χ4n) is 2.68. The van der Waals surface area contributed by atoms with Crippen molar-refractivity contribution in [3.8, 4) is 5.75 Å². The van der Waals surface area contributed by atoms with Gasteiger partial charge in [0.2, 0.25) is 0 Å². The van der Waals surface area contributed by atoms with Crippen LogP contribution >= 0.6 is 0 Å². The Kier molecular flexibility index (Phi) is 7.53. The van der Waals surface area contributed by atoms with E-state index in [9.17, 15) is 4.79 Å². The summed E-state index contributed by atoms with van der Waals surface area (Å²) in [6.45, 7) is 11.7. The van der Waals surface area contributed by atoms with E-state index in [4.69, 9.17) is 9.47 Å². The maximum atomic E-state index is 11.9. The number of aryl methyl sites for hydroxylation is 1. The van der Waals surface area contributed by atoms with Crippen molar-refractivity contribution in [2.24, 2.45) is 0 Å². The second kappa shape index (κ2) is 9.64. The van der Waals surface area contributed by atoms with Gasteiger partial charge in [-0.15, -0.1) is 0 Å². The molecular weight excluding hydrogens is 304 g/mol. The van der Waals surface area contributed by atoms with Crippen LogP contribution in [0.2, 0.25) is 0 Å². The Bertz CT molecular complexity index is 525. The molecule has 0 unspecified atom stereocenters. The molecule has 0 aromatic heterocycles. The highest BCUT2D eigenvalue weighted by molar-refractivity contribution is 5.77. The van der Waals surface area contributed by atoms with Crippen LogP contribution in [0.15, 0.2) is 18.2 Å². The highest BCUT2D eigenvalue weighted by Crippen LogP contribution is 2.24. The summed E-state index contributed by atoms with van der Waals surface area (Å²) in [5.74, 6) is 1.18. The second-order valence-electron chi connectivity index (χ2n) is 6.63. The number of hydrogen-bond donors (Lipinski definition) is 1. The van der Waals surface area contributed by atoms with E-state index >= 15 is 0 Å². The van der Waals surface area contributed by atoms with E-state index in [1.54, 1.807) is 0 Å². The molecule has 1 aromatic rings. The molecule has 1 aliphatic rings. The molecule has 1 fully saturated rings. The average Bonchev–Trinajstić information content (AvgIpc) is 2.58. The number of nitrogens with zero attached hydrogens (tertiary/aromatic N) is 1. The summed E-state index contributed by atoms with van der Waals surface area (Å²) in [5, 5.41) is 2.93. The minimum absolute atomic E-state index is 0.0636. The molecule has 0 bridgehead atoms. The van der Waals surface area contributed by atoms with Gasteiger partial charge in [0.05, 0.1) is 13.2 Å². The molecule has 0 aliphatic carbocycles. The number of morpholine rings is 1. The molecule has 24 heavy (non-hydrogen) atoms. The molecule has 2 rings (SSSR count).